The van der Waals surface area contributed by atoms with Gasteiger partial charge in [-0.2, -0.15) is 0 Å². The van der Waals surface area contributed by atoms with Gasteiger partial charge in [0.1, 0.15) is 5.03 Å². The highest BCUT2D eigenvalue weighted by molar-refractivity contribution is 7.99. The molecule has 0 spiro atoms. The average Bonchev–Trinajstić information content (AvgIpc) is 3.12. The fraction of sp³-hybridized carbons (Fsp3) is 0.0909. The number of aromatic nitrogens is 2. The van der Waals surface area contributed by atoms with Crippen LogP contribution in [0.25, 0.3) is 10.9 Å². The van der Waals surface area contributed by atoms with E-state index in [0.717, 1.165) is 16.8 Å². The van der Waals surface area contributed by atoms with Crippen LogP contribution in [0.2, 0.25) is 0 Å². The topological polar surface area (TPSA) is 57.8 Å². The molecule has 2 aromatic heterocycles. The van der Waals surface area contributed by atoms with Crippen LogP contribution < -0.4 is 5.32 Å². The van der Waals surface area contributed by atoms with Gasteiger partial charge in [-0.3, -0.25) is 4.79 Å². The van der Waals surface area contributed by atoms with Gasteiger partial charge in [-0.1, -0.05) is 48.2 Å². The van der Waals surface area contributed by atoms with Gasteiger partial charge in [-0.25, -0.2) is 4.98 Å². The molecule has 2 heterocycles. The number of pyridine rings is 1. The van der Waals surface area contributed by atoms with Gasteiger partial charge in [0, 0.05) is 34.7 Å². The van der Waals surface area contributed by atoms with Gasteiger partial charge in [0.25, 0.3) is 5.91 Å². The van der Waals surface area contributed by atoms with E-state index in [-0.39, 0.29) is 5.91 Å². The predicted molar refractivity (Wildman–Crippen MR) is 109 cm³/mol. The highest BCUT2D eigenvalue weighted by atomic mass is 32.2. The first-order chi connectivity index (χ1) is 13.3. The highest BCUT2D eigenvalue weighted by Gasteiger charge is 2.13. The highest BCUT2D eigenvalue weighted by Crippen LogP contribution is 2.28. The van der Waals surface area contributed by atoms with Crippen LogP contribution in [0.15, 0.2) is 89.0 Å². The maximum absolute atomic E-state index is 12.7. The minimum absolute atomic E-state index is 0.0960. The van der Waals surface area contributed by atoms with Gasteiger partial charge < -0.3 is 10.3 Å². The number of carbonyl (C=O) groups is 1. The molecule has 2 N–H and O–H groups in total. The van der Waals surface area contributed by atoms with Gasteiger partial charge in [0.15, 0.2) is 0 Å². The Labute approximate surface area is 162 Å². The first-order valence-corrected chi connectivity index (χ1v) is 9.64. The first-order valence-electron chi connectivity index (χ1n) is 8.82. The molecule has 5 heteroatoms. The number of benzene rings is 2. The molecule has 134 valence electrons. The second-order valence-corrected chi connectivity index (χ2v) is 7.20. The summed E-state index contributed by atoms with van der Waals surface area (Å²) in [4.78, 5) is 21.4. The Balaban J connectivity index is 1.43. The molecular weight excluding hydrogens is 354 g/mol. The third-order valence-corrected chi connectivity index (χ3v) is 5.35. The molecule has 0 aliphatic rings. The summed E-state index contributed by atoms with van der Waals surface area (Å²) >= 11 is 1.50. The monoisotopic (exact) mass is 373 g/mol. The lowest BCUT2D eigenvalue weighted by molar-refractivity contribution is 0.0950. The number of nitrogens with zero attached hydrogens (tertiary/aromatic N) is 1. The Hall–Kier alpha value is -3.05. The van der Waals surface area contributed by atoms with Crippen LogP contribution in [-0.2, 0) is 6.42 Å². The third-order valence-electron chi connectivity index (χ3n) is 4.33. The zero-order valence-electron chi connectivity index (χ0n) is 14.7. The van der Waals surface area contributed by atoms with Gasteiger partial charge >= 0.3 is 0 Å². The van der Waals surface area contributed by atoms with Crippen molar-refractivity contribution in [2.45, 2.75) is 16.3 Å². The van der Waals surface area contributed by atoms with Crippen molar-refractivity contribution in [1.82, 2.24) is 15.3 Å². The van der Waals surface area contributed by atoms with E-state index in [0.29, 0.717) is 17.1 Å². The third kappa shape index (κ3) is 4.04. The van der Waals surface area contributed by atoms with Crippen molar-refractivity contribution in [3.05, 3.63) is 90.3 Å². The van der Waals surface area contributed by atoms with Crippen molar-refractivity contribution in [2.24, 2.45) is 0 Å². The Morgan fingerprint density at radius 2 is 1.81 bits per heavy atom. The lowest BCUT2D eigenvalue weighted by Gasteiger charge is -2.09. The molecule has 4 nitrogen and oxygen atoms in total. The molecular formula is C22H19N3OS. The Bertz CT molecular complexity index is 1060. The summed E-state index contributed by atoms with van der Waals surface area (Å²) in [5.74, 6) is -0.0960. The van der Waals surface area contributed by atoms with Crippen LogP contribution in [0, 0.1) is 0 Å². The van der Waals surface area contributed by atoms with Crippen molar-refractivity contribution in [2.75, 3.05) is 6.54 Å². The minimum Gasteiger partial charge on any atom is -0.361 e. The van der Waals surface area contributed by atoms with E-state index in [1.54, 1.807) is 12.3 Å². The minimum atomic E-state index is -0.0960. The number of para-hydroxylation sites is 1. The van der Waals surface area contributed by atoms with Crippen LogP contribution in [-0.4, -0.2) is 22.4 Å². The number of aromatic amines is 1. The zero-order chi connectivity index (χ0) is 18.5. The smallest absolute Gasteiger partial charge is 0.254 e. The van der Waals surface area contributed by atoms with Gasteiger partial charge in [0.2, 0.25) is 0 Å². The van der Waals surface area contributed by atoms with Gasteiger partial charge in [-0.15, -0.1) is 0 Å². The van der Waals surface area contributed by atoms with Gasteiger partial charge in [0.05, 0.1) is 5.56 Å². The average molecular weight is 373 g/mol. The fourth-order valence-corrected chi connectivity index (χ4v) is 3.89. The van der Waals surface area contributed by atoms with Crippen LogP contribution in [0.1, 0.15) is 15.9 Å². The molecule has 0 radical (unpaired) electrons. The Kier molecular flexibility index (Phi) is 5.21. The molecule has 0 fully saturated rings. The molecule has 0 bridgehead atoms. The molecule has 0 atom stereocenters. The maximum atomic E-state index is 12.7. The van der Waals surface area contributed by atoms with Crippen LogP contribution >= 0.6 is 11.8 Å². The lowest BCUT2D eigenvalue weighted by Crippen LogP contribution is -2.26. The molecule has 1 amide bonds. The predicted octanol–water partition coefficient (Wildman–Crippen LogP) is 4.69. The number of hydrogen-bond donors (Lipinski definition) is 2. The number of rotatable bonds is 6. The van der Waals surface area contributed by atoms with E-state index in [9.17, 15) is 4.79 Å². The molecule has 0 unspecified atom stereocenters. The quantitative estimate of drug-likeness (QED) is 0.516. The number of nitrogens with one attached hydrogen (secondary N) is 2. The Morgan fingerprint density at radius 3 is 2.70 bits per heavy atom. The summed E-state index contributed by atoms with van der Waals surface area (Å²) in [5.41, 5.74) is 2.92. The molecule has 0 saturated carbocycles. The molecule has 0 aliphatic heterocycles. The second kappa shape index (κ2) is 8.10. The van der Waals surface area contributed by atoms with Crippen LogP contribution in [0.5, 0.6) is 0 Å². The first kappa shape index (κ1) is 17.4. The molecule has 2 aromatic carbocycles. The standard InChI is InChI=1S/C22H19N3OS/c26-21(23-14-12-16-15-25-20-11-5-4-9-18(16)20)19-10-6-13-24-22(19)27-17-7-2-1-3-8-17/h1-11,13,15,25H,12,14H2,(H,23,26). The SMILES string of the molecule is O=C(NCCc1c[nH]c2ccccc12)c1cccnc1Sc1ccccc1. The fourth-order valence-electron chi connectivity index (χ4n) is 2.99. The van der Waals surface area contributed by atoms with E-state index < -0.39 is 0 Å². The van der Waals surface area contributed by atoms with Crippen molar-refractivity contribution in [3.8, 4) is 0 Å². The number of carbonyl (C=O) groups excluding carboxylic acids is 1. The molecule has 0 aliphatic carbocycles. The summed E-state index contributed by atoms with van der Waals surface area (Å²) in [7, 11) is 0. The lowest BCUT2D eigenvalue weighted by atomic mass is 10.1. The zero-order valence-corrected chi connectivity index (χ0v) is 15.5. The summed E-state index contributed by atoms with van der Waals surface area (Å²) < 4.78 is 0. The molecule has 0 saturated heterocycles. The van der Waals surface area contributed by atoms with Crippen molar-refractivity contribution >= 4 is 28.6 Å². The number of H-pyrrole nitrogens is 1. The van der Waals surface area contributed by atoms with Crippen molar-refractivity contribution in [3.63, 3.8) is 0 Å². The maximum Gasteiger partial charge on any atom is 0.254 e. The van der Waals surface area contributed by atoms with Crippen molar-refractivity contribution in [1.29, 1.82) is 0 Å². The molecule has 27 heavy (non-hydrogen) atoms. The van der Waals surface area contributed by atoms with Crippen molar-refractivity contribution < 1.29 is 4.79 Å². The Morgan fingerprint density at radius 1 is 1.00 bits per heavy atom. The molecule has 4 aromatic rings. The van der Waals surface area contributed by atoms with E-state index in [1.807, 2.05) is 54.7 Å². The van der Waals surface area contributed by atoms with Gasteiger partial charge in [-0.05, 0) is 42.3 Å². The van der Waals surface area contributed by atoms with Crippen LogP contribution in [0.3, 0.4) is 0 Å². The van der Waals surface area contributed by atoms with Crippen LogP contribution in [0.4, 0.5) is 0 Å². The van der Waals surface area contributed by atoms with E-state index >= 15 is 0 Å². The summed E-state index contributed by atoms with van der Waals surface area (Å²) in [6.07, 6.45) is 4.50. The summed E-state index contributed by atoms with van der Waals surface area (Å²) in [6, 6.07) is 21.8. The number of hydrogen-bond acceptors (Lipinski definition) is 3. The summed E-state index contributed by atoms with van der Waals surface area (Å²) in [6.45, 7) is 0.574. The van der Waals surface area contributed by atoms with E-state index in [1.165, 1.54) is 22.7 Å². The molecule has 4 rings (SSSR count). The van der Waals surface area contributed by atoms with E-state index in [4.69, 9.17) is 0 Å². The summed E-state index contributed by atoms with van der Waals surface area (Å²) in [5, 5.41) is 4.94. The number of fused-ring (bicyclic) bond motifs is 1. The number of amides is 1. The largest absolute Gasteiger partial charge is 0.361 e. The van der Waals surface area contributed by atoms with E-state index in [2.05, 4.69) is 27.4 Å². The normalized spacial score (nSPS) is 10.8. The second-order valence-electron chi connectivity index (χ2n) is 6.14.